The molecular formula is C15H18BrNS. The molecule has 1 nitrogen and oxygen atoms in total. The fourth-order valence-electron chi connectivity index (χ4n) is 1.84. The smallest absolute Gasteiger partial charge is 0.0285 e. The van der Waals surface area contributed by atoms with E-state index in [1.807, 2.05) is 0 Å². The summed E-state index contributed by atoms with van der Waals surface area (Å²) < 4.78 is 1.17. The number of hydrogen-bond acceptors (Lipinski definition) is 2. The molecule has 0 saturated heterocycles. The molecule has 0 aliphatic carbocycles. The molecular weight excluding hydrogens is 306 g/mol. The van der Waals surface area contributed by atoms with Crippen molar-refractivity contribution in [2.75, 3.05) is 6.54 Å². The molecule has 0 bridgehead atoms. The Bertz CT molecular complexity index is 514. The van der Waals surface area contributed by atoms with Gasteiger partial charge in [0.1, 0.15) is 0 Å². The van der Waals surface area contributed by atoms with E-state index in [0.29, 0.717) is 6.54 Å². The minimum absolute atomic E-state index is 0.0600. The van der Waals surface area contributed by atoms with Gasteiger partial charge in [-0.1, -0.05) is 38.1 Å². The van der Waals surface area contributed by atoms with Crippen LogP contribution in [0.25, 0.3) is 0 Å². The van der Waals surface area contributed by atoms with Crippen LogP contribution in [0.3, 0.4) is 0 Å². The molecule has 0 unspecified atom stereocenters. The lowest BCUT2D eigenvalue weighted by Gasteiger charge is -2.23. The number of rotatable bonds is 4. The van der Waals surface area contributed by atoms with Gasteiger partial charge in [0.25, 0.3) is 0 Å². The van der Waals surface area contributed by atoms with Crippen LogP contribution in [0.5, 0.6) is 0 Å². The number of nitrogens with two attached hydrogens (primary N) is 1. The second-order valence-corrected chi connectivity index (χ2v) is 7.10. The summed E-state index contributed by atoms with van der Waals surface area (Å²) in [6.45, 7) is 5.03. The second-order valence-electron chi connectivity index (χ2n) is 5.19. The molecule has 18 heavy (non-hydrogen) atoms. The van der Waals surface area contributed by atoms with Crippen molar-refractivity contribution in [3.8, 4) is 0 Å². The van der Waals surface area contributed by atoms with Crippen molar-refractivity contribution in [2.24, 2.45) is 5.73 Å². The van der Waals surface area contributed by atoms with Crippen molar-refractivity contribution >= 4 is 27.3 Å². The first-order valence-electron chi connectivity index (χ1n) is 6.04. The predicted octanol–water partition coefficient (Wildman–Crippen LogP) is 4.34. The SMILES string of the molecule is CC(C)(CN)c1ccc(Cc2cc(Br)cs2)cc1. The van der Waals surface area contributed by atoms with Gasteiger partial charge in [0.15, 0.2) is 0 Å². The van der Waals surface area contributed by atoms with E-state index in [1.54, 1.807) is 11.3 Å². The van der Waals surface area contributed by atoms with Crippen LogP contribution in [-0.2, 0) is 11.8 Å². The topological polar surface area (TPSA) is 26.0 Å². The van der Waals surface area contributed by atoms with Gasteiger partial charge >= 0.3 is 0 Å². The van der Waals surface area contributed by atoms with Crippen molar-refractivity contribution in [1.29, 1.82) is 0 Å². The molecule has 0 saturated carbocycles. The molecule has 0 aliphatic heterocycles. The number of benzene rings is 1. The zero-order valence-electron chi connectivity index (χ0n) is 10.7. The molecule has 0 radical (unpaired) electrons. The number of halogens is 1. The Morgan fingerprint density at radius 2 is 1.89 bits per heavy atom. The van der Waals surface area contributed by atoms with Crippen molar-refractivity contribution in [2.45, 2.75) is 25.7 Å². The van der Waals surface area contributed by atoms with Crippen LogP contribution in [0.1, 0.15) is 29.9 Å². The maximum atomic E-state index is 5.80. The number of hydrogen-bond donors (Lipinski definition) is 1. The van der Waals surface area contributed by atoms with Gasteiger partial charge in [-0.2, -0.15) is 0 Å². The third-order valence-electron chi connectivity index (χ3n) is 3.25. The Morgan fingerprint density at radius 1 is 1.22 bits per heavy atom. The summed E-state index contributed by atoms with van der Waals surface area (Å²) >= 11 is 5.28. The predicted molar refractivity (Wildman–Crippen MR) is 83.3 cm³/mol. The van der Waals surface area contributed by atoms with Crippen LogP contribution in [0.15, 0.2) is 40.2 Å². The molecule has 2 rings (SSSR count). The first kappa shape index (κ1) is 13.8. The van der Waals surface area contributed by atoms with Gasteiger partial charge < -0.3 is 5.73 Å². The molecule has 1 aromatic heterocycles. The van der Waals surface area contributed by atoms with Crippen LogP contribution in [0, 0.1) is 0 Å². The molecule has 96 valence electrons. The van der Waals surface area contributed by atoms with E-state index in [1.165, 1.54) is 20.5 Å². The Labute approximate surface area is 121 Å². The van der Waals surface area contributed by atoms with E-state index >= 15 is 0 Å². The van der Waals surface area contributed by atoms with Gasteiger partial charge in [0, 0.05) is 33.1 Å². The standard InChI is InChI=1S/C15H18BrNS/c1-15(2,10-17)12-5-3-11(4-6-12)7-14-8-13(16)9-18-14/h3-6,8-9H,7,10,17H2,1-2H3. The van der Waals surface area contributed by atoms with E-state index < -0.39 is 0 Å². The van der Waals surface area contributed by atoms with Crippen molar-refractivity contribution in [3.63, 3.8) is 0 Å². The summed E-state index contributed by atoms with van der Waals surface area (Å²) in [5.41, 5.74) is 8.51. The van der Waals surface area contributed by atoms with E-state index in [0.717, 1.165) is 6.42 Å². The van der Waals surface area contributed by atoms with E-state index in [2.05, 4.69) is 65.5 Å². The summed E-state index contributed by atoms with van der Waals surface area (Å²) in [5, 5.41) is 2.13. The molecule has 3 heteroatoms. The van der Waals surface area contributed by atoms with Crippen molar-refractivity contribution in [3.05, 3.63) is 56.2 Å². The lowest BCUT2D eigenvalue weighted by Crippen LogP contribution is -2.27. The van der Waals surface area contributed by atoms with Crippen molar-refractivity contribution < 1.29 is 0 Å². The Kier molecular flexibility index (Phi) is 4.25. The molecule has 0 spiro atoms. The Hall–Kier alpha value is -0.640. The molecule has 1 heterocycles. The first-order valence-corrected chi connectivity index (χ1v) is 7.71. The monoisotopic (exact) mass is 323 g/mol. The molecule has 2 aromatic rings. The summed E-state index contributed by atoms with van der Waals surface area (Å²) in [7, 11) is 0. The van der Waals surface area contributed by atoms with Gasteiger partial charge in [-0.05, 0) is 33.1 Å². The van der Waals surface area contributed by atoms with Gasteiger partial charge in [0.2, 0.25) is 0 Å². The maximum absolute atomic E-state index is 5.80. The molecule has 0 fully saturated rings. The average Bonchev–Trinajstić information content (AvgIpc) is 2.75. The average molecular weight is 324 g/mol. The largest absolute Gasteiger partial charge is 0.330 e. The lowest BCUT2D eigenvalue weighted by atomic mass is 9.84. The maximum Gasteiger partial charge on any atom is 0.0285 e. The number of thiophene rings is 1. The van der Waals surface area contributed by atoms with Crippen LogP contribution in [-0.4, -0.2) is 6.54 Å². The van der Waals surface area contributed by atoms with Gasteiger partial charge in [-0.15, -0.1) is 11.3 Å². The van der Waals surface area contributed by atoms with E-state index in [9.17, 15) is 0 Å². The molecule has 0 atom stereocenters. The molecule has 0 aliphatic rings. The third kappa shape index (κ3) is 3.22. The fraction of sp³-hybridized carbons (Fsp3) is 0.333. The minimum Gasteiger partial charge on any atom is -0.330 e. The van der Waals surface area contributed by atoms with Crippen LogP contribution < -0.4 is 5.73 Å². The Balaban J connectivity index is 2.13. The third-order valence-corrected chi connectivity index (χ3v) is 4.94. The van der Waals surface area contributed by atoms with Crippen LogP contribution in [0.4, 0.5) is 0 Å². The minimum atomic E-state index is 0.0600. The zero-order valence-corrected chi connectivity index (χ0v) is 13.1. The summed E-state index contributed by atoms with van der Waals surface area (Å²) in [5.74, 6) is 0. The van der Waals surface area contributed by atoms with E-state index in [4.69, 9.17) is 5.73 Å². The molecule has 0 amide bonds. The highest BCUT2D eigenvalue weighted by atomic mass is 79.9. The highest BCUT2D eigenvalue weighted by Gasteiger charge is 2.17. The highest BCUT2D eigenvalue weighted by molar-refractivity contribution is 9.10. The first-order chi connectivity index (χ1) is 8.51. The quantitative estimate of drug-likeness (QED) is 0.890. The molecule has 2 N–H and O–H groups in total. The summed E-state index contributed by atoms with van der Waals surface area (Å²) in [6, 6.07) is 11.0. The van der Waals surface area contributed by atoms with Crippen LogP contribution >= 0.6 is 27.3 Å². The van der Waals surface area contributed by atoms with Crippen molar-refractivity contribution in [1.82, 2.24) is 0 Å². The second kappa shape index (κ2) is 5.55. The lowest BCUT2D eigenvalue weighted by molar-refractivity contribution is 0.539. The summed E-state index contributed by atoms with van der Waals surface area (Å²) in [6.07, 6.45) is 1.000. The van der Waals surface area contributed by atoms with E-state index in [-0.39, 0.29) is 5.41 Å². The molecule has 1 aromatic carbocycles. The summed E-state index contributed by atoms with van der Waals surface area (Å²) in [4.78, 5) is 1.38. The normalized spacial score (nSPS) is 11.8. The zero-order chi connectivity index (χ0) is 13.2. The van der Waals surface area contributed by atoms with Crippen LogP contribution in [0.2, 0.25) is 0 Å². The fourth-order valence-corrected chi connectivity index (χ4v) is 3.32. The van der Waals surface area contributed by atoms with Gasteiger partial charge in [-0.25, -0.2) is 0 Å². The van der Waals surface area contributed by atoms with Gasteiger partial charge in [0.05, 0.1) is 0 Å². The van der Waals surface area contributed by atoms with Gasteiger partial charge in [-0.3, -0.25) is 0 Å². The Morgan fingerprint density at radius 3 is 2.39 bits per heavy atom. The highest BCUT2D eigenvalue weighted by Crippen LogP contribution is 2.25.